The van der Waals surface area contributed by atoms with E-state index >= 15 is 0 Å². The lowest BCUT2D eigenvalue weighted by molar-refractivity contribution is 0.158. The molecule has 1 aliphatic rings. The molecule has 0 aliphatic heterocycles. The maximum absolute atomic E-state index is 12.5. The molecule has 8 heteroatoms. The highest BCUT2D eigenvalue weighted by molar-refractivity contribution is 7.91. The summed E-state index contributed by atoms with van der Waals surface area (Å²) >= 11 is 0. The van der Waals surface area contributed by atoms with Gasteiger partial charge in [0.05, 0.1) is 5.75 Å². The molecule has 2 rings (SSSR count). The minimum Gasteiger partial charge on any atom is -0.320 e. The third-order valence-electron chi connectivity index (χ3n) is 3.93. The summed E-state index contributed by atoms with van der Waals surface area (Å²) in [4.78, 5) is 18.0. The van der Waals surface area contributed by atoms with E-state index in [0.29, 0.717) is 6.54 Å². The molecule has 21 heavy (non-hydrogen) atoms. The van der Waals surface area contributed by atoms with Gasteiger partial charge in [-0.25, -0.2) is 18.2 Å². The smallest absolute Gasteiger partial charge is 0.320 e. The number of carbonyl (C=O) groups is 1. The molecule has 1 heterocycles. The fourth-order valence-corrected chi connectivity index (χ4v) is 3.36. The number of sulfone groups is 1. The van der Waals surface area contributed by atoms with Crippen molar-refractivity contribution in [1.82, 2.24) is 19.7 Å². The van der Waals surface area contributed by atoms with E-state index in [1.165, 1.54) is 19.7 Å². The van der Waals surface area contributed by atoms with Crippen LogP contribution in [0.1, 0.15) is 46.0 Å². The van der Waals surface area contributed by atoms with Gasteiger partial charge >= 0.3 is 6.03 Å². The summed E-state index contributed by atoms with van der Waals surface area (Å²) in [6, 6.07) is -0.0823. The third-order valence-corrected chi connectivity index (χ3v) is 5.43. The zero-order valence-electron chi connectivity index (χ0n) is 12.5. The molecule has 1 amide bonds. The Bertz CT molecular complexity index is 590. The Kier molecular flexibility index (Phi) is 4.97. The van der Waals surface area contributed by atoms with Gasteiger partial charge in [0.25, 0.3) is 5.16 Å². The van der Waals surface area contributed by atoms with Crippen molar-refractivity contribution >= 4 is 15.9 Å². The first-order valence-electron chi connectivity index (χ1n) is 7.45. The molecule has 0 atom stereocenters. The summed E-state index contributed by atoms with van der Waals surface area (Å²) in [7, 11) is -3.48. The number of carbonyl (C=O) groups excluding carboxylic acids is 1. The van der Waals surface area contributed by atoms with Crippen molar-refractivity contribution in [2.45, 2.75) is 57.1 Å². The Hall–Kier alpha value is -1.44. The number of amides is 1. The third kappa shape index (κ3) is 3.42. The average Bonchev–Trinajstić information content (AvgIpc) is 2.99. The van der Waals surface area contributed by atoms with Gasteiger partial charge in [-0.05, 0) is 19.8 Å². The highest BCUT2D eigenvalue weighted by atomic mass is 32.2. The molecule has 0 unspecified atom stereocenters. The van der Waals surface area contributed by atoms with Crippen LogP contribution in [0.15, 0.2) is 11.5 Å². The monoisotopic (exact) mass is 314 g/mol. The fourth-order valence-electron chi connectivity index (χ4n) is 2.69. The van der Waals surface area contributed by atoms with E-state index in [2.05, 4.69) is 10.1 Å². The minimum atomic E-state index is -3.48. The topological polar surface area (TPSA) is 85.2 Å². The molecular weight excluding hydrogens is 292 g/mol. The second kappa shape index (κ2) is 6.55. The SMILES string of the molecule is CCN(C(=O)n1cnc(S(=O)(=O)CC)n1)C1CCCCC1. The van der Waals surface area contributed by atoms with Crippen molar-refractivity contribution in [2.24, 2.45) is 0 Å². The van der Waals surface area contributed by atoms with Crippen LogP contribution in [0, 0.1) is 0 Å². The molecule has 1 aliphatic carbocycles. The zero-order chi connectivity index (χ0) is 15.5. The Morgan fingerprint density at radius 3 is 2.57 bits per heavy atom. The summed E-state index contributed by atoms with van der Waals surface area (Å²) in [6.45, 7) is 4.03. The highest BCUT2D eigenvalue weighted by Gasteiger charge is 2.27. The molecule has 118 valence electrons. The van der Waals surface area contributed by atoms with Crippen molar-refractivity contribution in [1.29, 1.82) is 0 Å². The lowest BCUT2D eigenvalue weighted by Crippen LogP contribution is -2.43. The normalized spacial score (nSPS) is 16.9. The van der Waals surface area contributed by atoms with E-state index in [1.807, 2.05) is 6.92 Å². The van der Waals surface area contributed by atoms with E-state index in [4.69, 9.17) is 0 Å². The van der Waals surface area contributed by atoms with E-state index in [9.17, 15) is 13.2 Å². The molecule has 1 saturated carbocycles. The maximum Gasteiger partial charge on any atom is 0.346 e. The van der Waals surface area contributed by atoms with Gasteiger partial charge < -0.3 is 4.90 Å². The maximum atomic E-state index is 12.5. The summed E-state index contributed by atoms with van der Waals surface area (Å²) in [5.74, 6) is -0.0781. The molecule has 0 aromatic carbocycles. The Balaban J connectivity index is 2.18. The Labute approximate surface area is 125 Å². The summed E-state index contributed by atoms with van der Waals surface area (Å²) in [5.41, 5.74) is 0. The zero-order valence-corrected chi connectivity index (χ0v) is 13.3. The second-order valence-electron chi connectivity index (χ2n) is 5.24. The number of hydrogen-bond donors (Lipinski definition) is 0. The van der Waals surface area contributed by atoms with Crippen LogP contribution >= 0.6 is 0 Å². The first-order valence-corrected chi connectivity index (χ1v) is 9.10. The van der Waals surface area contributed by atoms with Gasteiger partial charge in [-0.15, -0.1) is 5.10 Å². The van der Waals surface area contributed by atoms with E-state index in [0.717, 1.165) is 30.4 Å². The van der Waals surface area contributed by atoms with Crippen LogP contribution in [-0.4, -0.2) is 52.5 Å². The Morgan fingerprint density at radius 1 is 1.33 bits per heavy atom. The van der Waals surface area contributed by atoms with Crippen LogP contribution in [0.3, 0.4) is 0 Å². The van der Waals surface area contributed by atoms with Crippen molar-refractivity contribution in [3.8, 4) is 0 Å². The summed E-state index contributed by atoms with van der Waals surface area (Å²) in [6.07, 6.45) is 6.64. The molecule has 0 radical (unpaired) electrons. The standard InChI is InChI=1S/C13H22N4O3S/c1-3-16(11-8-6-5-7-9-11)13(18)17-10-14-12(15-17)21(19,20)4-2/h10-11H,3-9H2,1-2H3. The van der Waals surface area contributed by atoms with Gasteiger partial charge in [0.15, 0.2) is 0 Å². The van der Waals surface area contributed by atoms with Crippen LogP contribution in [0.2, 0.25) is 0 Å². The number of hydrogen-bond acceptors (Lipinski definition) is 5. The molecule has 7 nitrogen and oxygen atoms in total. The van der Waals surface area contributed by atoms with Crippen LogP contribution in [-0.2, 0) is 9.84 Å². The second-order valence-corrected chi connectivity index (χ2v) is 7.41. The molecule has 0 spiro atoms. The summed E-state index contributed by atoms with van der Waals surface area (Å²) in [5, 5.41) is 3.56. The molecule has 1 aromatic rings. The van der Waals surface area contributed by atoms with Gasteiger partial charge in [0, 0.05) is 12.6 Å². The average molecular weight is 314 g/mol. The summed E-state index contributed by atoms with van der Waals surface area (Å²) < 4.78 is 24.5. The van der Waals surface area contributed by atoms with Gasteiger partial charge in [-0.3, -0.25) is 0 Å². The highest BCUT2D eigenvalue weighted by Crippen LogP contribution is 2.23. The number of rotatable bonds is 4. The largest absolute Gasteiger partial charge is 0.346 e. The van der Waals surface area contributed by atoms with E-state index in [-0.39, 0.29) is 23.0 Å². The van der Waals surface area contributed by atoms with Crippen molar-refractivity contribution in [3.05, 3.63) is 6.33 Å². The van der Waals surface area contributed by atoms with Gasteiger partial charge in [0.1, 0.15) is 6.33 Å². The quantitative estimate of drug-likeness (QED) is 0.844. The lowest BCUT2D eigenvalue weighted by atomic mass is 9.94. The van der Waals surface area contributed by atoms with E-state index < -0.39 is 9.84 Å². The van der Waals surface area contributed by atoms with Gasteiger partial charge in [-0.2, -0.15) is 4.68 Å². The first-order chi connectivity index (χ1) is 9.99. The Morgan fingerprint density at radius 2 is 2.00 bits per heavy atom. The lowest BCUT2D eigenvalue weighted by Gasteiger charge is -2.32. The predicted molar refractivity (Wildman–Crippen MR) is 77.8 cm³/mol. The first kappa shape index (κ1) is 15.9. The fraction of sp³-hybridized carbons (Fsp3) is 0.769. The van der Waals surface area contributed by atoms with E-state index in [1.54, 1.807) is 4.90 Å². The molecular formula is C13H22N4O3S. The van der Waals surface area contributed by atoms with Crippen LogP contribution in [0.5, 0.6) is 0 Å². The molecule has 0 saturated heterocycles. The van der Waals surface area contributed by atoms with Gasteiger partial charge in [-0.1, -0.05) is 26.2 Å². The predicted octanol–water partition coefficient (Wildman–Crippen LogP) is 1.69. The van der Waals surface area contributed by atoms with Crippen molar-refractivity contribution in [3.63, 3.8) is 0 Å². The molecule has 0 N–H and O–H groups in total. The van der Waals surface area contributed by atoms with Crippen molar-refractivity contribution in [2.75, 3.05) is 12.3 Å². The van der Waals surface area contributed by atoms with Gasteiger partial charge in [0.2, 0.25) is 9.84 Å². The van der Waals surface area contributed by atoms with Crippen LogP contribution in [0.25, 0.3) is 0 Å². The minimum absolute atomic E-state index is 0.0781. The molecule has 1 aromatic heterocycles. The molecule has 1 fully saturated rings. The van der Waals surface area contributed by atoms with Crippen LogP contribution in [0.4, 0.5) is 4.79 Å². The number of nitrogens with zero attached hydrogens (tertiary/aromatic N) is 4. The molecule has 0 bridgehead atoms. The van der Waals surface area contributed by atoms with Crippen LogP contribution < -0.4 is 0 Å². The van der Waals surface area contributed by atoms with Crippen molar-refractivity contribution < 1.29 is 13.2 Å². The number of aromatic nitrogens is 3.